The standard InChI is InChI=1S/C8H14N6O/c1-6(7-10-12-13-11-7)9-8(15)14-4-2-3-5-14/h6H,2-5H2,1H3,(H,9,15)(H,10,11,12,13). The van der Waals surface area contributed by atoms with Gasteiger partial charge in [0.1, 0.15) is 0 Å². The van der Waals surface area contributed by atoms with Gasteiger partial charge in [-0.25, -0.2) is 4.79 Å². The van der Waals surface area contributed by atoms with Crippen molar-refractivity contribution in [2.24, 2.45) is 0 Å². The van der Waals surface area contributed by atoms with Gasteiger partial charge in [0.05, 0.1) is 6.04 Å². The van der Waals surface area contributed by atoms with Crippen molar-refractivity contribution in [2.75, 3.05) is 13.1 Å². The second-order valence-corrected chi connectivity index (χ2v) is 3.64. The van der Waals surface area contributed by atoms with Crippen molar-refractivity contribution < 1.29 is 4.79 Å². The van der Waals surface area contributed by atoms with Crippen molar-refractivity contribution in [2.45, 2.75) is 25.8 Å². The molecule has 0 saturated carbocycles. The van der Waals surface area contributed by atoms with Crippen molar-refractivity contribution in [3.63, 3.8) is 0 Å². The summed E-state index contributed by atoms with van der Waals surface area (Å²) in [7, 11) is 0. The van der Waals surface area contributed by atoms with E-state index in [-0.39, 0.29) is 12.1 Å². The fourth-order valence-electron chi connectivity index (χ4n) is 1.61. The first-order chi connectivity index (χ1) is 7.27. The summed E-state index contributed by atoms with van der Waals surface area (Å²) in [6.07, 6.45) is 2.17. The highest BCUT2D eigenvalue weighted by Gasteiger charge is 2.20. The van der Waals surface area contributed by atoms with Crippen molar-refractivity contribution >= 4 is 6.03 Å². The molecule has 1 atom stereocenters. The van der Waals surface area contributed by atoms with Gasteiger partial charge in [-0.3, -0.25) is 0 Å². The maximum absolute atomic E-state index is 11.7. The summed E-state index contributed by atoms with van der Waals surface area (Å²) in [6, 6.07) is -0.262. The molecule has 1 aliphatic rings. The first-order valence-corrected chi connectivity index (χ1v) is 5.06. The molecular formula is C8H14N6O. The Bertz CT molecular complexity index is 318. The molecule has 1 aromatic heterocycles. The summed E-state index contributed by atoms with van der Waals surface area (Å²) in [5.41, 5.74) is 0. The van der Waals surface area contributed by atoms with Gasteiger partial charge in [0.25, 0.3) is 0 Å². The lowest BCUT2D eigenvalue weighted by Crippen LogP contribution is -2.39. The van der Waals surface area contributed by atoms with Crippen molar-refractivity contribution in [3.8, 4) is 0 Å². The predicted molar refractivity (Wildman–Crippen MR) is 51.9 cm³/mol. The molecule has 0 radical (unpaired) electrons. The van der Waals surface area contributed by atoms with Crippen LogP contribution in [0.15, 0.2) is 0 Å². The van der Waals surface area contributed by atoms with Crippen LogP contribution in [0.2, 0.25) is 0 Å². The molecule has 1 fully saturated rings. The zero-order valence-electron chi connectivity index (χ0n) is 8.60. The van der Waals surface area contributed by atoms with E-state index in [2.05, 4.69) is 25.9 Å². The van der Waals surface area contributed by atoms with Crippen LogP contribution < -0.4 is 5.32 Å². The summed E-state index contributed by atoms with van der Waals surface area (Å²) in [6.45, 7) is 3.51. The molecule has 0 bridgehead atoms. The summed E-state index contributed by atoms with van der Waals surface area (Å²) < 4.78 is 0. The minimum atomic E-state index is -0.211. The van der Waals surface area contributed by atoms with Gasteiger partial charge in [-0.05, 0) is 19.8 Å². The Balaban J connectivity index is 1.88. The number of likely N-dealkylation sites (tertiary alicyclic amines) is 1. The Morgan fingerprint density at radius 2 is 2.27 bits per heavy atom. The summed E-state index contributed by atoms with van der Waals surface area (Å²) in [5, 5.41) is 16.3. The van der Waals surface area contributed by atoms with Gasteiger partial charge in [-0.2, -0.15) is 5.21 Å². The lowest BCUT2D eigenvalue weighted by molar-refractivity contribution is 0.205. The number of H-pyrrole nitrogens is 1. The highest BCUT2D eigenvalue weighted by Crippen LogP contribution is 2.10. The number of tetrazole rings is 1. The number of amides is 2. The topological polar surface area (TPSA) is 86.8 Å². The Kier molecular flexibility index (Phi) is 2.79. The molecule has 7 nitrogen and oxygen atoms in total. The van der Waals surface area contributed by atoms with Crippen molar-refractivity contribution in [1.82, 2.24) is 30.8 Å². The Labute approximate surface area is 87.2 Å². The van der Waals surface area contributed by atoms with Gasteiger partial charge in [0.2, 0.25) is 0 Å². The van der Waals surface area contributed by atoms with Gasteiger partial charge in [-0.1, -0.05) is 5.21 Å². The van der Waals surface area contributed by atoms with Crippen LogP contribution in [0.25, 0.3) is 0 Å². The number of hydrogen-bond donors (Lipinski definition) is 2. The molecule has 1 aromatic rings. The largest absolute Gasteiger partial charge is 0.328 e. The van der Waals surface area contributed by atoms with E-state index in [0.29, 0.717) is 5.82 Å². The van der Waals surface area contributed by atoms with Gasteiger partial charge in [0, 0.05) is 13.1 Å². The molecule has 0 aromatic carbocycles. The maximum atomic E-state index is 11.7. The molecule has 2 N–H and O–H groups in total. The van der Waals surface area contributed by atoms with Crippen LogP contribution in [-0.2, 0) is 0 Å². The normalized spacial score (nSPS) is 17.8. The van der Waals surface area contributed by atoms with Crippen LogP contribution >= 0.6 is 0 Å². The maximum Gasteiger partial charge on any atom is 0.317 e. The summed E-state index contributed by atoms with van der Waals surface area (Å²) in [4.78, 5) is 13.5. The molecule has 7 heteroatoms. The molecule has 1 unspecified atom stereocenters. The number of aromatic amines is 1. The first kappa shape index (κ1) is 9.88. The summed E-state index contributed by atoms with van der Waals surface area (Å²) >= 11 is 0. The lowest BCUT2D eigenvalue weighted by Gasteiger charge is -2.18. The number of urea groups is 1. The van der Waals surface area contributed by atoms with E-state index in [0.717, 1.165) is 25.9 Å². The van der Waals surface area contributed by atoms with E-state index in [9.17, 15) is 4.79 Å². The number of carbonyl (C=O) groups excluding carboxylic acids is 1. The zero-order chi connectivity index (χ0) is 10.7. The van der Waals surface area contributed by atoms with E-state index < -0.39 is 0 Å². The van der Waals surface area contributed by atoms with Gasteiger partial charge in [-0.15, -0.1) is 10.2 Å². The molecule has 1 aliphatic heterocycles. The van der Waals surface area contributed by atoms with E-state index in [1.165, 1.54) is 0 Å². The minimum absolute atomic E-state index is 0.0511. The molecule has 82 valence electrons. The predicted octanol–water partition coefficient (Wildman–Crippen LogP) is 0.0661. The molecule has 2 rings (SSSR count). The van der Waals surface area contributed by atoms with E-state index in [1.54, 1.807) is 4.90 Å². The average Bonchev–Trinajstić information content (AvgIpc) is 2.91. The summed E-state index contributed by atoms with van der Waals surface area (Å²) in [5.74, 6) is 0.502. The van der Waals surface area contributed by atoms with E-state index >= 15 is 0 Å². The number of rotatable bonds is 2. The molecule has 0 spiro atoms. The number of hydrogen-bond acceptors (Lipinski definition) is 4. The highest BCUT2D eigenvalue weighted by atomic mass is 16.2. The molecule has 0 aliphatic carbocycles. The molecular weight excluding hydrogens is 196 g/mol. The van der Waals surface area contributed by atoms with Gasteiger partial charge in [0.15, 0.2) is 5.82 Å². The second-order valence-electron chi connectivity index (χ2n) is 3.64. The van der Waals surface area contributed by atoms with Crippen LogP contribution in [0.5, 0.6) is 0 Å². The zero-order valence-corrected chi connectivity index (χ0v) is 8.60. The monoisotopic (exact) mass is 210 g/mol. The fraction of sp³-hybridized carbons (Fsp3) is 0.750. The second kappa shape index (κ2) is 4.24. The quantitative estimate of drug-likeness (QED) is 0.723. The third kappa shape index (κ3) is 2.23. The lowest BCUT2D eigenvalue weighted by atomic mass is 10.3. The van der Waals surface area contributed by atoms with Gasteiger partial charge < -0.3 is 10.2 Å². The van der Waals surface area contributed by atoms with Crippen LogP contribution in [0, 0.1) is 0 Å². The molecule has 15 heavy (non-hydrogen) atoms. The fourth-order valence-corrected chi connectivity index (χ4v) is 1.61. The Morgan fingerprint density at radius 3 is 2.87 bits per heavy atom. The van der Waals surface area contributed by atoms with Crippen molar-refractivity contribution in [3.05, 3.63) is 5.82 Å². The number of aromatic nitrogens is 4. The first-order valence-electron chi connectivity index (χ1n) is 5.06. The van der Waals surface area contributed by atoms with Crippen molar-refractivity contribution in [1.29, 1.82) is 0 Å². The smallest absolute Gasteiger partial charge is 0.317 e. The SMILES string of the molecule is CC(NC(=O)N1CCCC1)c1nn[nH]n1. The van der Waals surface area contributed by atoms with Crippen LogP contribution in [0.1, 0.15) is 31.6 Å². The minimum Gasteiger partial charge on any atom is -0.328 e. The number of nitrogens with one attached hydrogen (secondary N) is 2. The molecule has 2 heterocycles. The number of carbonyl (C=O) groups is 1. The third-order valence-electron chi connectivity index (χ3n) is 2.48. The van der Waals surface area contributed by atoms with Crippen LogP contribution in [0.4, 0.5) is 4.79 Å². The Morgan fingerprint density at radius 1 is 1.53 bits per heavy atom. The van der Waals surface area contributed by atoms with Crippen LogP contribution in [-0.4, -0.2) is 44.6 Å². The van der Waals surface area contributed by atoms with E-state index in [4.69, 9.17) is 0 Å². The van der Waals surface area contributed by atoms with E-state index in [1.807, 2.05) is 6.92 Å². The third-order valence-corrected chi connectivity index (χ3v) is 2.48. The van der Waals surface area contributed by atoms with Crippen LogP contribution in [0.3, 0.4) is 0 Å². The van der Waals surface area contributed by atoms with Gasteiger partial charge >= 0.3 is 6.03 Å². The average molecular weight is 210 g/mol. The molecule has 2 amide bonds. The molecule has 1 saturated heterocycles. The number of nitrogens with zero attached hydrogens (tertiary/aromatic N) is 4. The Hall–Kier alpha value is -1.66. The highest BCUT2D eigenvalue weighted by molar-refractivity contribution is 5.74.